The van der Waals surface area contributed by atoms with Crippen LogP contribution >= 0.6 is 0 Å². The van der Waals surface area contributed by atoms with E-state index >= 15 is 0 Å². The van der Waals surface area contributed by atoms with E-state index in [1.165, 1.54) is 5.56 Å². The van der Waals surface area contributed by atoms with Gasteiger partial charge < -0.3 is 10.2 Å². The Morgan fingerprint density at radius 3 is 2.50 bits per heavy atom. The van der Waals surface area contributed by atoms with Gasteiger partial charge in [-0.1, -0.05) is 12.1 Å². The Kier molecular flexibility index (Phi) is 5.93. The van der Waals surface area contributed by atoms with Gasteiger partial charge in [0.05, 0.1) is 12.0 Å². The van der Waals surface area contributed by atoms with Crippen molar-refractivity contribution in [3.8, 4) is 6.07 Å². The molecule has 5 heteroatoms. The standard InChI is InChI=1S/C17H24N4O/c1-14(11-18)12-19-17(22)16-5-3-15(4-6-16)13-21-9-7-20(2)8-10-21/h3-6,14H,7-10,12-13H2,1-2H3,(H,19,22). The number of likely N-dealkylation sites (N-methyl/N-ethyl adjacent to an activating group) is 1. The number of carbonyl (C=O) groups excluding carboxylic acids is 1. The Labute approximate surface area is 132 Å². The first-order valence-electron chi connectivity index (χ1n) is 7.76. The zero-order valence-electron chi connectivity index (χ0n) is 13.4. The monoisotopic (exact) mass is 300 g/mol. The minimum absolute atomic E-state index is 0.117. The zero-order chi connectivity index (χ0) is 15.9. The van der Waals surface area contributed by atoms with Crippen molar-refractivity contribution in [2.75, 3.05) is 39.8 Å². The highest BCUT2D eigenvalue weighted by atomic mass is 16.1. The predicted molar refractivity (Wildman–Crippen MR) is 86.3 cm³/mol. The van der Waals surface area contributed by atoms with Gasteiger partial charge in [0.15, 0.2) is 0 Å². The lowest BCUT2D eigenvalue weighted by atomic mass is 10.1. The molecule has 1 atom stereocenters. The normalized spacial score (nSPS) is 17.7. The van der Waals surface area contributed by atoms with Crippen molar-refractivity contribution in [3.05, 3.63) is 35.4 Å². The molecule has 1 aromatic rings. The van der Waals surface area contributed by atoms with E-state index in [-0.39, 0.29) is 11.8 Å². The highest BCUT2D eigenvalue weighted by Gasteiger charge is 2.14. The molecule has 22 heavy (non-hydrogen) atoms. The predicted octanol–water partition coefficient (Wildman–Crippen LogP) is 1.32. The van der Waals surface area contributed by atoms with E-state index in [9.17, 15) is 4.79 Å². The number of piperazine rings is 1. The number of hydrogen-bond donors (Lipinski definition) is 1. The minimum Gasteiger partial charge on any atom is -0.351 e. The quantitative estimate of drug-likeness (QED) is 0.891. The fourth-order valence-electron chi connectivity index (χ4n) is 2.42. The second-order valence-electron chi connectivity index (χ2n) is 6.02. The van der Waals surface area contributed by atoms with Crippen molar-refractivity contribution >= 4 is 5.91 Å². The summed E-state index contributed by atoms with van der Waals surface area (Å²) in [6.07, 6.45) is 0. The van der Waals surface area contributed by atoms with Crippen LogP contribution in [0.15, 0.2) is 24.3 Å². The number of hydrogen-bond acceptors (Lipinski definition) is 4. The average Bonchev–Trinajstić information content (AvgIpc) is 2.55. The van der Waals surface area contributed by atoms with Gasteiger partial charge in [-0.3, -0.25) is 9.69 Å². The van der Waals surface area contributed by atoms with E-state index in [1.807, 2.05) is 24.3 Å². The van der Waals surface area contributed by atoms with Gasteiger partial charge in [-0.25, -0.2) is 0 Å². The zero-order valence-corrected chi connectivity index (χ0v) is 13.4. The lowest BCUT2D eigenvalue weighted by Crippen LogP contribution is -2.43. The molecule has 0 aliphatic carbocycles. The number of amides is 1. The van der Waals surface area contributed by atoms with Gasteiger partial charge in [0, 0.05) is 44.8 Å². The number of nitriles is 1. The van der Waals surface area contributed by atoms with Crippen LogP contribution in [0.2, 0.25) is 0 Å². The number of nitrogens with zero attached hydrogens (tertiary/aromatic N) is 3. The summed E-state index contributed by atoms with van der Waals surface area (Å²) in [7, 11) is 2.15. The Morgan fingerprint density at radius 2 is 1.91 bits per heavy atom. The second kappa shape index (κ2) is 7.92. The first-order valence-corrected chi connectivity index (χ1v) is 7.76. The molecular weight excluding hydrogens is 276 g/mol. The molecule has 0 spiro atoms. The molecular formula is C17H24N4O. The Morgan fingerprint density at radius 1 is 1.27 bits per heavy atom. The van der Waals surface area contributed by atoms with Crippen LogP contribution in [0, 0.1) is 17.2 Å². The van der Waals surface area contributed by atoms with Crippen molar-refractivity contribution in [3.63, 3.8) is 0 Å². The third kappa shape index (κ3) is 4.83. The molecule has 1 aromatic carbocycles. The highest BCUT2D eigenvalue weighted by molar-refractivity contribution is 5.94. The van der Waals surface area contributed by atoms with Crippen molar-refractivity contribution < 1.29 is 4.79 Å². The smallest absolute Gasteiger partial charge is 0.251 e. The maximum absolute atomic E-state index is 12.0. The summed E-state index contributed by atoms with van der Waals surface area (Å²) < 4.78 is 0. The van der Waals surface area contributed by atoms with Gasteiger partial charge >= 0.3 is 0 Å². The van der Waals surface area contributed by atoms with E-state index in [2.05, 4.69) is 28.2 Å². The Balaban J connectivity index is 1.85. The Bertz CT molecular complexity index is 527. The summed E-state index contributed by atoms with van der Waals surface area (Å²) in [6, 6.07) is 9.85. The molecule has 1 heterocycles. The molecule has 1 unspecified atom stereocenters. The van der Waals surface area contributed by atoms with Crippen molar-refractivity contribution in [1.82, 2.24) is 15.1 Å². The highest BCUT2D eigenvalue weighted by Crippen LogP contribution is 2.10. The number of benzene rings is 1. The topological polar surface area (TPSA) is 59.4 Å². The van der Waals surface area contributed by atoms with Crippen LogP contribution in [0.3, 0.4) is 0 Å². The van der Waals surface area contributed by atoms with E-state index in [0.29, 0.717) is 12.1 Å². The number of nitrogens with one attached hydrogen (secondary N) is 1. The molecule has 1 saturated heterocycles. The number of rotatable bonds is 5. The molecule has 1 N–H and O–H groups in total. The molecule has 0 bridgehead atoms. The van der Waals surface area contributed by atoms with Crippen molar-refractivity contribution in [2.24, 2.45) is 5.92 Å². The molecule has 1 fully saturated rings. The number of carbonyl (C=O) groups is 1. The lowest BCUT2D eigenvalue weighted by molar-refractivity contribution is 0.0950. The van der Waals surface area contributed by atoms with Gasteiger partial charge in [-0.2, -0.15) is 5.26 Å². The summed E-state index contributed by atoms with van der Waals surface area (Å²) in [5, 5.41) is 11.5. The summed E-state index contributed by atoms with van der Waals surface area (Å²) >= 11 is 0. The molecule has 0 radical (unpaired) electrons. The van der Waals surface area contributed by atoms with Gasteiger partial charge in [0.25, 0.3) is 5.91 Å². The third-order valence-corrected chi connectivity index (χ3v) is 4.01. The van der Waals surface area contributed by atoms with E-state index in [1.54, 1.807) is 6.92 Å². The molecule has 0 aromatic heterocycles. The van der Waals surface area contributed by atoms with Crippen LogP contribution in [0.1, 0.15) is 22.8 Å². The Hall–Kier alpha value is -1.90. The van der Waals surface area contributed by atoms with Gasteiger partial charge in [-0.15, -0.1) is 0 Å². The lowest BCUT2D eigenvalue weighted by Gasteiger charge is -2.32. The summed E-state index contributed by atoms with van der Waals surface area (Å²) in [4.78, 5) is 16.7. The first-order chi connectivity index (χ1) is 10.6. The van der Waals surface area contributed by atoms with Crippen molar-refractivity contribution in [2.45, 2.75) is 13.5 Å². The van der Waals surface area contributed by atoms with Gasteiger partial charge in [0.1, 0.15) is 0 Å². The molecule has 1 aliphatic rings. The average molecular weight is 300 g/mol. The first kappa shape index (κ1) is 16.5. The molecule has 5 nitrogen and oxygen atoms in total. The molecule has 1 aliphatic heterocycles. The SMILES string of the molecule is CC(C#N)CNC(=O)c1ccc(CN2CCN(C)CC2)cc1. The van der Waals surface area contributed by atoms with Crippen LogP contribution < -0.4 is 5.32 Å². The molecule has 0 saturated carbocycles. The van der Waals surface area contributed by atoms with Crippen LogP contribution in [0.4, 0.5) is 0 Å². The van der Waals surface area contributed by atoms with Crippen LogP contribution in [0.5, 0.6) is 0 Å². The van der Waals surface area contributed by atoms with E-state index in [4.69, 9.17) is 5.26 Å². The fraction of sp³-hybridized carbons (Fsp3) is 0.529. The van der Waals surface area contributed by atoms with Crippen LogP contribution in [-0.4, -0.2) is 55.5 Å². The van der Waals surface area contributed by atoms with Crippen LogP contribution in [-0.2, 0) is 6.54 Å². The molecule has 1 amide bonds. The minimum atomic E-state index is -0.166. The van der Waals surface area contributed by atoms with Gasteiger partial charge in [-0.05, 0) is 31.7 Å². The van der Waals surface area contributed by atoms with Crippen molar-refractivity contribution in [1.29, 1.82) is 5.26 Å². The second-order valence-corrected chi connectivity index (χ2v) is 6.02. The largest absolute Gasteiger partial charge is 0.351 e. The summed E-state index contributed by atoms with van der Waals surface area (Å²) in [6.45, 7) is 7.50. The summed E-state index contributed by atoms with van der Waals surface area (Å²) in [5.74, 6) is -0.284. The van der Waals surface area contributed by atoms with E-state index < -0.39 is 0 Å². The molecule has 118 valence electrons. The maximum atomic E-state index is 12.0. The fourth-order valence-corrected chi connectivity index (χ4v) is 2.42. The summed E-state index contributed by atoms with van der Waals surface area (Å²) in [5.41, 5.74) is 1.87. The van der Waals surface area contributed by atoms with E-state index in [0.717, 1.165) is 32.7 Å². The third-order valence-electron chi connectivity index (χ3n) is 4.01. The van der Waals surface area contributed by atoms with Crippen LogP contribution in [0.25, 0.3) is 0 Å². The van der Waals surface area contributed by atoms with Gasteiger partial charge in [0.2, 0.25) is 0 Å². The maximum Gasteiger partial charge on any atom is 0.251 e. The molecule has 2 rings (SSSR count).